The van der Waals surface area contributed by atoms with Crippen molar-refractivity contribution in [3.05, 3.63) is 51.2 Å². The molecule has 0 saturated carbocycles. The number of fused-ring (bicyclic) bond motifs is 1. The standard InChI is InChI=1S/C12H9FN2S2/c13-9-2-1-3-10-11(9)14-12(16)15(10)6-8-4-5-17-7-8/h1-5,7H,6H2,(H,14,16). The van der Waals surface area contributed by atoms with E-state index in [2.05, 4.69) is 10.4 Å². The van der Waals surface area contributed by atoms with Gasteiger partial charge in [0.25, 0.3) is 0 Å². The lowest BCUT2D eigenvalue weighted by Crippen LogP contribution is -1.98. The third-order valence-electron chi connectivity index (χ3n) is 2.68. The number of rotatable bonds is 2. The van der Waals surface area contributed by atoms with Crippen molar-refractivity contribution < 1.29 is 4.39 Å². The first kappa shape index (κ1) is 10.7. The molecule has 0 spiro atoms. The predicted octanol–water partition coefficient (Wildman–Crippen LogP) is 3.95. The molecule has 0 fully saturated rings. The van der Waals surface area contributed by atoms with Gasteiger partial charge in [0.2, 0.25) is 0 Å². The van der Waals surface area contributed by atoms with E-state index in [-0.39, 0.29) is 5.82 Å². The Morgan fingerprint density at radius 1 is 1.35 bits per heavy atom. The minimum atomic E-state index is -0.266. The number of imidazole rings is 1. The summed E-state index contributed by atoms with van der Waals surface area (Å²) >= 11 is 6.87. The summed E-state index contributed by atoms with van der Waals surface area (Å²) in [5.74, 6) is -0.266. The zero-order valence-corrected chi connectivity index (χ0v) is 10.4. The van der Waals surface area contributed by atoms with Crippen LogP contribution in [0.3, 0.4) is 0 Å². The number of aromatic amines is 1. The maximum absolute atomic E-state index is 13.6. The van der Waals surface area contributed by atoms with Crippen LogP contribution < -0.4 is 0 Å². The summed E-state index contributed by atoms with van der Waals surface area (Å²) in [6, 6.07) is 7.05. The predicted molar refractivity (Wildman–Crippen MR) is 70.5 cm³/mol. The lowest BCUT2D eigenvalue weighted by molar-refractivity contribution is 0.637. The van der Waals surface area contributed by atoms with Crippen molar-refractivity contribution in [3.63, 3.8) is 0 Å². The van der Waals surface area contributed by atoms with E-state index < -0.39 is 0 Å². The van der Waals surface area contributed by atoms with Crippen LogP contribution in [0.1, 0.15) is 5.56 Å². The molecule has 1 aromatic carbocycles. The molecule has 0 aliphatic rings. The van der Waals surface area contributed by atoms with E-state index in [4.69, 9.17) is 12.2 Å². The monoisotopic (exact) mass is 264 g/mol. The lowest BCUT2D eigenvalue weighted by Gasteiger charge is -2.02. The maximum Gasteiger partial charge on any atom is 0.178 e. The van der Waals surface area contributed by atoms with Crippen LogP contribution >= 0.6 is 23.6 Å². The average molecular weight is 264 g/mol. The van der Waals surface area contributed by atoms with Gasteiger partial charge in [-0.2, -0.15) is 11.3 Å². The number of hydrogen-bond acceptors (Lipinski definition) is 2. The Bertz CT molecular complexity index is 710. The Labute approximate surface area is 106 Å². The van der Waals surface area contributed by atoms with Gasteiger partial charge in [-0.15, -0.1) is 0 Å². The minimum absolute atomic E-state index is 0.266. The Kier molecular flexibility index (Phi) is 2.57. The number of halogens is 1. The summed E-state index contributed by atoms with van der Waals surface area (Å²) in [6.07, 6.45) is 0. The molecule has 0 unspecified atom stereocenters. The first-order chi connectivity index (χ1) is 8.25. The Hall–Kier alpha value is -1.46. The van der Waals surface area contributed by atoms with Crippen LogP contribution in [0.2, 0.25) is 0 Å². The van der Waals surface area contributed by atoms with Crippen molar-refractivity contribution in [2.45, 2.75) is 6.54 Å². The number of nitrogens with one attached hydrogen (secondary N) is 1. The van der Waals surface area contributed by atoms with Gasteiger partial charge in [0.1, 0.15) is 11.3 Å². The molecular weight excluding hydrogens is 255 g/mol. The summed E-state index contributed by atoms with van der Waals surface area (Å²) in [4.78, 5) is 2.91. The van der Waals surface area contributed by atoms with Crippen molar-refractivity contribution in [2.24, 2.45) is 0 Å². The van der Waals surface area contributed by atoms with E-state index in [0.29, 0.717) is 16.8 Å². The quantitative estimate of drug-likeness (QED) is 0.695. The summed E-state index contributed by atoms with van der Waals surface area (Å²) < 4.78 is 16.0. The molecule has 3 aromatic rings. The number of benzene rings is 1. The molecular formula is C12H9FN2S2. The fourth-order valence-electron chi connectivity index (χ4n) is 1.87. The molecule has 2 aromatic heterocycles. The molecule has 5 heteroatoms. The molecule has 0 amide bonds. The highest BCUT2D eigenvalue weighted by atomic mass is 32.1. The number of aromatic nitrogens is 2. The Morgan fingerprint density at radius 2 is 2.24 bits per heavy atom. The van der Waals surface area contributed by atoms with Crippen LogP contribution in [-0.2, 0) is 6.54 Å². The highest BCUT2D eigenvalue weighted by Crippen LogP contribution is 2.19. The second-order valence-electron chi connectivity index (χ2n) is 3.78. The fraction of sp³-hybridized carbons (Fsp3) is 0.0833. The van der Waals surface area contributed by atoms with Gasteiger partial charge < -0.3 is 9.55 Å². The summed E-state index contributed by atoms with van der Waals surface area (Å²) in [5.41, 5.74) is 2.46. The van der Waals surface area contributed by atoms with Crippen LogP contribution in [0, 0.1) is 10.6 Å². The topological polar surface area (TPSA) is 20.7 Å². The lowest BCUT2D eigenvalue weighted by atomic mass is 10.3. The van der Waals surface area contributed by atoms with Gasteiger partial charge in [-0.1, -0.05) is 6.07 Å². The Balaban J connectivity index is 2.19. The van der Waals surface area contributed by atoms with Crippen molar-refractivity contribution >= 4 is 34.6 Å². The average Bonchev–Trinajstić information content (AvgIpc) is 2.91. The van der Waals surface area contributed by atoms with Gasteiger partial charge in [-0.3, -0.25) is 0 Å². The maximum atomic E-state index is 13.6. The molecule has 0 saturated heterocycles. The van der Waals surface area contributed by atoms with Crippen molar-refractivity contribution in [2.75, 3.05) is 0 Å². The zero-order valence-electron chi connectivity index (χ0n) is 8.81. The molecule has 0 radical (unpaired) electrons. The van der Waals surface area contributed by atoms with Gasteiger partial charge in [0.05, 0.1) is 12.1 Å². The number of thiophene rings is 1. The van der Waals surface area contributed by atoms with Crippen LogP contribution in [0.5, 0.6) is 0 Å². The summed E-state index contributed by atoms with van der Waals surface area (Å²) in [5, 5.41) is 4.09. The highest BCUT2D eigenvalue weighted by Gasteiger charge is 2.08. The molecule has 3 rings (SSSR count). The number of nitrogens with zero attached hydrogens (tertiary/aromatic N) is 1. The van der Waals surface area contributed by atoms with E-state index in [1.165, 1.54) is 11.6 Å². The smallest absolute Gasteiger partial charge is 0.178 e. The van der Waals surface area contributed by atoms with Gasteiger partial charge in [0, 0.05) is 0 Å². The SMILES string of the molecule is Fc1cccc2c1[nH]c(=S)n2Cc1ccsc1. The van der Waals surface area contributed by atoms with Gasteiger partial charge in [0.15, 0.2) is 4.77 Å². The van der Waals surface area contributed by atoms with E-state index in [0.717, 1.165) is 5.52 Å². The van der Waals surface area contributed by atoms with E-state index in [1.54, 1.807) is 17.4 Å². The normalized spacial score (nSPS) is 11.1. The van der Waals surface area contributed by atoms with Crippen LogP contribution in [0.4, 0.5) is 4.39 Å². The van der Waals surface area contributed by atoms with Crippen LogP contribution in [0.25, 0.3) is 11.0 Å². The first-order valence-corrected chi connectivity index (χ1v) is 6.49. The molecule has 0 aliphatic carbocycles. The number of H-pyrrole nitrogens is 1. The number of hydrogen-bond donors (Lipinski definition) is 1. The zero-order chi connectivity index (χ0) is 11.8. The van der Waals surface area contributed by atoms with Gasteiger partial charge in [-0.05, 0) is 46.7 Å². The minimum Gasteiger partial charge on any atom is -0.328 e. The summed E-state index contributed by atoms with van der Waals surface area (Å²) in [6.45, 7) is 0.672. The van der Waals surface area contributed by atoms with Gasteiger partial charge >= 0.3 is 0 Å². The molecule has 0 bridgehead atoms. The van der Waals surface area contributed by atoms with E-state index in [9.17, 15) is 4.39 Å². The largest absolute Gasteiger partial charge is 0.328 e. The Morgan fingerprint density at radius 3 is 3.00 bits per heavy atom. The van der Waals surface area contributed by atoms with E-state index >= 15 is 0 Å². The van der Waals surface area contributed by atoms with Crippen molar-refractivity contribution in [1.29, 1.82) is 0 Å². The fourth-order valence-corrected chi connectivity index (χ4v) is 2.79. The highest BCUT2D eigenvalue weighted by molar-refractivity contribution is 7.71. The molecule has 86 valence electrons. The van der Waals surface area contributed by atoms with Crippen molar-refractivity contribution in [1.82, 2.24) is 9.55 Å². The van der Waals surface area contributed by atoms with Gasteiger partial charge in [-0.25, -0.2) is 4.39 Å². The third kappa shape index (κ3) is 1.81. The van der Waals surface area contributed by atoms with E-state index in [1.807, 2.05) is 22.1 Å². The molecule has 0 aliphatic heterocycles. The second-order valence-corrected chi connectivity index (χ2v) is 4.95. The number of para-hydroxylation sites is 1. The second kappa shape index (κ2) is 4.09. The van der Waals surface area contributed by atoms with Crippen LogP contribution in [0.15, 0.2) is 35.0 Å². The van der Waals surface area contributed by atoms with Crippen LogP contribution in [-0.4, -0.2) is 9.55 Å². The molecule has 2 heterocycles. The molecule has 17 heavy (non-hydrogen) atoms. The molecule has 1 N–H and O–H groups in total. The third-order valence-corrected chi connectivity index (χ3v) is 3.73. The summed E-state index contributed by atoms with van der Waals surface area (Å²) in [7, 11) is 0. The molecule has 0 atom stereocenters. The first-order valence-electron chi connectivity index (χ1n) is 5.14. The van der Waals surface area contributed by atoms with Crippen molar-refractivity contribution in [3.8, 4) is 0 Å². The molecule has 2 nitrogen and oxygen atoms in total.